The molecular weight excluding hydrogens is 245 g/mol. The smallest absolute Gasteiger partial charge is 0.260 e. The lowest BCUT2D eigenvalue weighted by Crippen LogP contribution is -2.31. The molecule has 0 atom stereocenters. The van der Waals surface area contributed by atoms with Crippen LogP contribution in [0, 0.1) is 5.92 Å². The minimum Gasteiger partial charge on any atom is -0.260 e. The van der Waals surface area contributed by atoms with Crippen LogP contribution in [0.25, 0.3) is 0 Å². The summed E-state index contributed by atoms with van der Waals surface area (Å²) in [6, 6.07) is 0. The molecule has 0 N–H and O–H groups in total. The zero-order chi connectivity index (χ0) is 12.4. The van der Waals surface area contributed by atoms with Crippen molar-refractivity contribution in [3.63, 3.8) is 0 Å². The molecule has 1 saturated carbocycles. The number of alkyl halides is 3. The second kappa shape index (κ2) is 4.91. The van der Waals surface area contributed by atoms with E-state index in [1.165, 1.54) is 0 Å². The Morgan fingerprint density at radius 3 is 2.12 bits per heavy atom. The topological polar surface area (TPSA) is 43.4 Å². The Labute approximate surface area is 93.1 Å². The summed E-state index contributed by atoms with van der Waals surface area (Å²) in [5.74, 6) is 0.439. The number of halogens is 3. The molecule has 0 saturated heterocycles. The van der Waals surface area contributed by atoms with E-state index in [1.54, 1.807) is 0 Å². The summed E-state index contributed by atoms with van der Waals surface area (Å²) in [5, 5.41) is -0.772. The molecule has 0 aromatic carbocycles. The lowest BCUT2D eigenvalue weighted by Gasteiger charge is -2.25. The highest BCUT2D eigenvalue weighted by atomic mass is 32.2. The fourth-order valence-corrected chi connectivity index (χ4v) is 3.10. The fourth-order valence-electron chi connectivity index (χ4n) is 1.76. The van der Waals surface area contributed by atoms with Crippen LogP contribution in [0.2, 0.25) is 0 Å². The van der Waals surface area contributed by atoms with E-state index in [9.17, 15) is 21.6 Å². The Kier molecular flexibility index (Phi) is 4.23. The van der Waals surface area contributed by atoms with E-state index in [-0.39, 0.29) is 0 Å². The monoisotopic (exact) mass is 260 g/mol. The van der Waals surface area contributed by atoms with Crippen LogP contribution in [-0.4, -0.2) is 26.5 Å². The van der Waals surface area contributed by atoms with E-state index < -0.39 is 28.2 Å². The number of hydrogen-bond acceptors (Lipinski definition) is 3. The van der Waals surface area contributed by atoms with E-state index in [0.717, 1.165) is 12.8 Å². The van der Waals surface area contributed by atoms with E-state index in [4.69, 9.17) is 0 Å². The van der Waals surface area contributed by atoms with Gasteiger partial charge < -0.3 is 0 Å². The molecule has 0 aromatic rings. The van der Waals surface area contributed by atoms with E-state index >= 15 is 0 Å². The zero-order valence-corrected chi connectivity index (χ0v) is 9.77. The summed E-state index contributed by atoms with van der Waals surface area (Å²) in [6.45, 7) is 0.279. The third-order valence-electron chi connectivity index (χ3n) is 2.76. The number of rotatable bonds is 3. The van der Waals surface area contributed by atoms with Crippen LogP contribution in [0.5, 0.6) is 0 Å². The van der Waals surface area contributed by atoms with Gasteiger partial charge in [0.2, 0.25) is 0 Å². The van der Waals surface area contributed by atoms with Crippen LogP contribution in [0.15, 0.2) is 0 Å². The normalized spacial score (nSPS) is 28.0. The van der Waals surface area contributed by atoms with Gasteiger partial charge in [0.25, 0.3) is 10.1 Å². The van der Waals surface area contributed by atoms with Crippen molar-refractivity contribution in [1.29, 1.82) is 0 Å². The molecule has 0 aliphatic heterocycles. The highest BCUT2D eigenvalue weighted by Crippen LogP contribution is 2.29. The van der Waals surface area contributed by atoms with Crippen LogP contribution in [-0.2, 0) is 14.3 Å². The van der Waals surface area contributed by atoms with Crippen LogP contribution in [0.3, 0.4) is 0 Å². The zero-order valence-electron chi connectivity index (χ0n) is 8.96. The fraction of sp³-hybridized carbons (Fsp3) is 1.00. The lowest BCUT2D eigenvalue weighted by molar-refractivity contribution is -0.152. The Hall–Kier alpha value is -0.300. The summed E-state index contributed by atoms with van der Waals surface area (Å²) >= 11 is 0. The van der Waals surface area contributed by atoms with Crippen molar-refractivity contribution in [3.05, 3.63) is 0 Å². The first-order valence-electron chi connectivity index (χ1n) is 5.16. The molecule has 0 amide bonds. The van der Waals surface area contributed by atoms with Crippen LogP contribution < -0.4 is 0 Å². The molecular formula is C9H15F3O3S. The van der Waals surface area contributed by atoms with Crippen LogP contribution >= 0.6 is 0 Å². The van der Waals surface area contributed by atoms with Gasteiger partial charge in [-0.15, -0.1) is 0 Å². The highest BCUT2D eigenvalue weighted by Gasteiger charge is 2.35. The molecule has 0 bridgehead atoms. The molecule has 1 rings (SSSR count). The van der Waals surface area contributed by atoms with Gasteiger partial charge in [0.15, 0.2) is 6.61 Å². The third-order valence-corrected chi connectivity index (χ3v) is 4.49. The Balaban J connectivity index is 2.51. The minimum atomic E-state index is -4.60. The lowest BCUT2D eigenvalue weighted by atomic mass is 9.91. The SMILES string of the molecule is CC1CCC(S(=O)(=O)OCC(F)(F)F)CC1. The molecule has 0 spiro atoms. The second-order valence-corrected chi connectivity index (χ2v) is 6.14. The van der Waals surface area contributed by atoms with Gasteiger partial charge in [0, 0.05) is 0 Å². The van der Waals surface area contributed by atoms with E-state index in [1.807, 2.05) is 6.92 Å². The average Bonchev–Trinajstić information content (AvgIpc) is 2.15. The predicted molar refractivity (Wildman–Crippen MR) is 52.3 cm³/mol. The average molecular weight is 260 g/mol. The van der Waals surface area contributed by atoms with E-state index in [2.05, 4.69) is 4.18 Å². The standard InChI is InChI=1S/C9H15F3O3S/c1-7-2-4-8(5-3-7)16(13,14)15-6-9(10,11)12/h7-8H,2-6H2,1H3. The van der Waals surface area contributed by atoms with Crippen molar-refractivity contribution in [1.82, 2.24) is 0 Å². The summed E-state index contributed by atoms with van der Waals surface area (Å²) in [7, 11) is -4.06. The summed E-state index contributed by atoms with van der Waals surface area (Å²) in [4.78, 5) is 0. The Morgan fingerprint density at radius 1 is 1.19 bits per heavy atom. The summed E-state index contributed by atoms with van der Waals surface area (Å²) in [5.41, 5.74) is 0. The quantitative estimate of drug-likeness (QED) is 0.732. The molecule has 1 aliphatic rings. The maximum absolute atomic E-state index is 11.8. The molecule has 1 fully saturated rings. The predicted octanol–water partition coefficient (Wildman–Crippen LogP) is 2.47. The molecule has 1 aliphatic carbocycles. The molecule has 0 radical (unpaired) electrons. The van der Waals surface area contributed by atoms with Crippen molar-refractivity contribution in [2.24, 2.45) is 5.92 Å². The first-order chi connectivity index (χ1) is 7.21. The van der Waals surface area contributed by atoms with Crippen LogP contribution in [0.4, 0.5) is 13.2 Å². The van der Waals surface area contributed by atoms with Gasteiger partial charge in [-0.25, -0.2) is 0 Å². The molecule has 16 heavy (non-hydrogen) atoms. The molecule has 0 unspecified atom stereocenters. The summed E-state index contributed by atoms with van der Waals surface area (Å²) in [6.07, 6.45) is -2.38. The van der Waals surface area contributed by atoms with Crippen LogP contribution in [0.1, 0.15) is 32.6 Å². The largest absolute Gasteiger partial charge is 0.413 e. The molecule has 3 nitrogen and oxygen atoms in total. The Morgan fingerprint density at radius 2 is 1.69 bits per heavy atom. The second-order valence-electron chi connectivity index (χ2n) is 4.25. The minimum absolute atomic E-state index is 0.390. The van der Waals surface area contributed by atoms with Crippen molar-refractivity contribution in [3.8, 4) is 0 Å². The molecule has 0 heterocycles. The first-order valence-corrected chi connectivity index (χ1v) is 6.63. The molecule has 0 aromatic heterocycles. The van der Waals surface area contributed by atoms with Crippen molar-refractivity contribution in [2.75, 3.05) is 6.61 Å². The third kappa shape index (κ3) is 4.29. The molecule has 96 valence electrons. The Bertz CT molecular complexity index is 315. The van der Waals surface area contributed by atoms with Gasteiger partial charge in [0.05, 0.1) is 5.25 Å². The highest BCUT2D eigenvalue weighted by molar-refractivity contribution is 7.87. The van der Waals surface area contributed by atoms with Crippen molar-refractivity contribution in [2.45, 2.75) is 44.0 Å². The van der Waals surface area contributed by atoms with Gasteiger partial charge in [0.1, 0.15) is 0 Å². The summed E-state index contributed by atoms with van der Waals surface area (Å²) < 4.78 is 62.3. The van der Waals surface area contributed by atoms with Gasteiger partial charge in [-0.2, -0.15) is 21.6 Å². The molecule has 7 heteroatoms. The maximum atomic E-state index is 11.8. The first kappa shape index (κ1) is 13.8. The van der Waals surface area contributed by atoms with Gasteiger partial charge in [-0.3, -0.25) is 4.18 Å². The van der Waals surface area contributed by atoms with Gasteiger partial charge in [-0.1, -0.05) is 6.92 Å². The maximum Gasteiger partial charge on any atom is 0.413 e. The number of hydrogen-bond donors (Lipinski definition) is 0. The van der Waals surface area contributed by atoms with Crippen molar-refractivity contribution < 1.29 is 25.8 Å². The van der Waals surface area contributed by atoms with Gasteiger partial charge >= 0.3 is 6.18 Å². The van der Waals surface area contributed by atoms with Crippen molar-refractivity contribution >= 4 is 10.1 Å². The van der Waals surface area contributed by atoms with E-state index in [0.29, 0.717) is 18.8 Å². The van der Waals surface area contributed by atoms with Gasteiger partial charge in [-0.05, 0) is 31.6 Å².